The first-order valence-corrected chi connectivity index (χ1v) is 21.4. The molecule has 4 aromatic carbocycles. The van der Waals surface area contributed by atoms with Gasteiger partial charge < -0.3 is 46.3 Å². The Morgan fingerprint density at radius 3 is 1.50 bits per heavy atom. The SMILES string of the molecule is C=C(C)C(=O)N[C@@H](Cc1ccc(OC(=O)CCCC(=O)Oc2ccc(CCNC(=O)[C@H](Cc3ccc(O)cc3)NC(=O)C(=C)C)cc2)cc1)C(=O)CCCc1ccc(OC(=O)NCN)cc1. The highest BCUT2D eigenvalue weighted by Gasteiger charge is 2.23. The van der Waals surface area contributed by atoms with Gasteiger partial charge in [-0.1, -0.05) is 61.7 Å². The Morgan fingerprint density at radius 1 is 0.561 bits per heavy atom. The Hall–Kier alpha value is -7.59. The molecule has 2 atom stereocenters. The van der Waals surface area contributed by atoms with Crippen LogP contribution in [0.3, 0.4) is 0 Å². The number of nitrogens with two attached hydrogens (primary N) is 1. The van der Waals surface area contributed by atoms with Crippen molar-refractivity contribution in [2.75, 3.05) is 13.2 Å². The third kappa shape index (κ3) is 18.3. The fraction of sp³-hybridized carbons (Fsp3) is 0.300. The summed E-state index contributed by atoms with van der Waals surface area (Å²) < 4.78 is 16.0. The van der Waals surface area contributed by atoms with Gasteiger partial charge in [0.25, 0.3) is 0 Å². The summed E-state index contributed by atoms with van der Waals surface area (Å²) in [7, 11) is 0. The number of aromatic hydroxyl groups is 1. The molecule has 16 nitrogen and oxygen atoms in total. The quantitative estimate of drug-likeness (QED) is 0.0217. The number of rotatable bonds is 25. The highest BCUT2D eigenvalue weighted by atomic mass is 16.6. The van der Waals surface area contributed by atoms with E-state index in [1.54, 1.807) is 98.8 Å². The van der Waals surface area contributed by atoms with E-state index in [0.717, 1.165) is 22.3 Å². The van der Waals surface area contributed by atoms with E-state index < -0.39 is 41.9 Å². The monoisotopic (exact) mass is 903 g/mol. The maximum Gasteiger partial charge on any atom is 0.413 e. The van der Waals surface area contributed by atoms with E-state index in [0.29, 0.717) is 30.8 Å². The highest BCUT2D eigenvalue weighted by Crippen LogP contribution is 2.19. The Balaban J connectivity index is 1.17. The fourth-order valence-corrected chi connectivity index (χ4v) is 6.33. The van der Waals surface area contributed by atoms with Crippen LogP contribution in [0.15, 0.2) is 121 Å². The molecule has 348 valence electrons. The molecule has 0 saturated carbocycles. The van der Waals surface area contributed by atoms with Gasteiger partial charge in [0.1, 0.15) is 29.0 Å². The summed E-state index contributed by atoms with van der Waals surface area (Å²) >= 11 is 0. The van der Waals surface area contributed by atoms with Crippen LogP contribution in [0.1, 0.15) is 68.2 Å². The smallest absolute Gasteiger partial charge is 0.413 e. The fourth-order valence-electron chi connectivity index (χ4n) is 6.33. The van der Waals surface area contributed by atoms with Crippen LogP contribution in [0, 0.1) is 0 Å². The molecule has 7 N–H and O–H groups in total. The zero-order chi connectivity index (χ0) is 48.0. The third-order valence-electron chi connectivity index (χ3n) is 9.96. The third-order valence-corrected chi connectivity index (χ3v) is 9.96. The number of esters is 2. The lowest BCUT2D eigenvalue weighted by Crippen LogP contribution is -2.48. The molecule has 4 aromatic rings. The van der Waals surface area contributed by atoms with Gasteiger partial charge in [-0.05, 0) is 117 Å². The van der Waals surface area contributed by atoms with Gasteiger partial charge in [-0.2, -0.15) is 0 Å². The van der Waals surface area contributed by atoms with E-state index in [4.69, 9.17) is 19.9 Å². The van der Waals surface area contributed by atoms with E-state index in [2.05, 4.69) is 34.4 Å². The number of hydrogen-bond acceptors (Lipinski definition) is 12. The van der Waals surface area contributed by atoms with Crippen molar-refractivity contribution >= 4 is 41.5 Å². The summed E-state index contributed by atoms with van der Waals surface area (Å²) in [5.74, 6) is -1.44. The number of carbonyl (C=O) groups excluding carboxylic acids is 7. The van der Waals surface area contributed by atoms with Gasteiger partial charge in [-0.25, -0.2) is 4.79 Å². The first kappa shape index (κ1) is 51.0. The number of benzene rings is 4. The maximum absolute atomic E-state index is 13.3. The van der Waals surface area contributed by atoms with Crippen LogP contribution in [-0.2, 0) is 54.5 Å². The number of phenols is 1. The lowest BCUT2D eigenvalue weighted by Gasteiger charge is -2.19. The molecule has 0 saturated heterocycles. The number of nitrogens with one attached hydrogen (secondary N) is 4. The zero-order valence-corrected chi connectivity index (χ0v) is 37.2. The number of aryl methyl sites for hydroxylation is 1. The van der Waals surface area contributed by atoms with Gasteiger partial charge in [0.05, 0.1) is 12.7 Å². The average Bonchev–Trinajstić information content (AvgIpc) is 3.28. The number of phenolic OH excluding ortho intramolecular Hbond substituents is 1. The van der Waals surface area contributed by atoms with Crippen LogP contribution in [-0.4, -0.2) is 71.9 Å². The van der Waals surface area contributed by atoms with Crippen molar-refractivity contribution in [2.24, 2.45) is 5.73 Å². The standard InChI is InChI=1S/C50H57N5O11/c1-32(2)47(60)54-42(44(57)8-5-7-34-13-23-41(24-14-34)66-50(63)53-31-51)29-37-17-25-40(26-18-37)65-46(59)10-6-9-45(58)64-39-21-15-35(16-22-39)27-28-52-49(62)43(55-48(61)33(3)4)30-36-11-19-38(56)20-12-36/h11-26,42-43,56H,1,3,5-10,27-31,51H2,2,4H3,(H,52,62)(H,53,63)(H,54,60)(H,55,61)/t42-,43-/m0/s1. The van der Waals surface area contributed by atoms with Crippen LogP contribution in [0.5, 0.6) is 23.0 Å². The molecule has 0 aromatic heterocycles. The van der Waals surface area contributed by atoms with Gasteiger partial charge in [0, 0.05) is 43.4 Å². The number of Topliss-reactive ketones (excluding diaryl/α,β-unsaturated/α-hetero) is 1. The molecule has 66 heavy (non-hydrogen) atoms. The summed E-state index contributed by atoms with van der Waals surface area (Å²) in [5.41, 5.74) is 9.09. The topological polar surface area (TPSA) is 242 Å². The average molecular weight is 904 g/mol. The Kier molecular flexibility index (Phi) is 20.3. The second-order valence-electron chi connectivity index (χ2n) is 15.6. The number of hydrogen-bond donors (Lipinski definition) is 6. The van der Waals surface area contributed by atoms with Gasteiger partial charge >= 0.3 is 18.0 Å². The lowest BCUT2D eigenvalue weighted by molar-refractivity contribution is -0.136. The van der Waals surface area contributed by atoms with Crippen molar-refractivity contribution in [1.82, 2.24) is 21.3 Å². The summed E-state index contributed by atoms with van der Waals surface area (Å²) in [6.45, 7) is 10.6. The van der Waals surface area contributed by atoms with E-state index in [1.165, 1.54) is 12.1 Å². The molecule has 0 aliphatic heterocycles. The van der Waals surface area contributed by atoms with Crippen molar-refractivity contribution in [3.63, 3.8) is 0 Å². The van der Waals surface area contributed by atoms with E-state index in [9.17, 15) is 38.7 Å². The molecule has 0 bridgehead atoms. The van der Waals surface area contributed by atoms with Crippen LogP contribution < -0.4 is 41.2 Å². The molecule has 4 amide bonds. The van der Waals surface area contributed by atoms with Gasteiger partial charge in [-0.3, -0.25) is 28.8 Å². The normalized spacial score (nSPS) is 11.5. The molecule has 0 radical (unpaired) electrons. The minimum Gasteiger partial charge on any atom is -0.508 e. The molecule has 0 spiro atoms. The molecule has 0 aliphatic rings. The molecule has 0 unspecified atom stereocenters. The summed E-state index contributed by atoms with van der Waals surface area (Å²) in [6.07, 6.45) is 1.64. The second-order valence-corrected chi connectivity index (χ2v) is 15.6. The van der Waals surface area contributed by atoms with Crippen molar-refractivity contribution in [2.45, 2.75) is 83.7 Å². The Morgan fingerprint density at radius 2 is 1.00 bits per heavy atom. The first-order valence-electron chi connectivity index (χ1n) is 21.4. The molecule has 16 heteroatoms. The van der Waals surface area contributed by atoms with Gasteiger partial charge in [0.15, 0.2) is 5.78 Å². The van der Waals surface area contributed by atoms with E-state index in [1.807, 2.05) is 0 Å². The van der Waals surface area contributed by atoms with Crippen molar-refractivity contribution in [3.05, 3.63) is 144 Å². The molecular weight excluding hydrogens is 847 g/mol. The Bertz CT molecular complexity index is 2330. The van der Waals surface area contributed by atoms with Gasteiger partial charge in [0.2, 0.25) is 17.7 Å². The van der Waals surface area contributed by atoms with Crippen LogP contribution in [0.2, 0.25) is 0 Å². The predicted octanol–water partition coefficient (Wildman–Crippen LogP) is 5.24. The Labute approximate surface area is 384 Å². The van der Waals surface area contributed by atoms with Crippen molar-refractivity contribution in [3.8, 4) is 23.0 Å². The predicted molar refractivity (Wildman–Crippen MR) is 246 cm³/mol. The largest absolute Gasteiger partial charge is 0.508 e. The minimum absolute atomic E-state index is 0.0304. The number of carbonyl (C=O) groups is 7. The number of amides is 4. The minimum atomic E-state index is -0.856. The summed E-state index contributed by atoms with van der Waals surface area (Å²) in [6, 6.07) is 25.0. The summed E-state index contributed by atoms with van der Waals surface area (Å²) in [5, 5.41) is 20.2. The van der Waals surface area contributed by atoms with Crippen molar-refractivity contribution < 1.29 is 52.9 Å². The van der Waals surface area contributed by atoms with E-state index >= 15 is 0 Å². The number of ether oxygens (including phenoxy) is 3. The zero-order valence-electron chi connectivity index (χ0n) is 37.2. The second kappa shape index (κ2) is 26.3. The van der Waals surface area contributed by atoms with Crippen LogP contribution >= 0.6 is 0 Å². The summed E-state index contributed by atoms with van der Waals surface area (Å²) in [4.78, 5) is 87.9. The first-order chi connectivity index (χ1) is 31.6. The molecule has 0 fully saturated rings. The van der Waals surface area contributed by atoms with Crippen molar-refractivity contribution in [1.29, 1.82) is 0 Å². The highest BCUT2D eigenvalue weighted by molar-refractivity contribution is 5.97. The maximum atomic E-state index is 13.3. The van der Waals surface area contributed by atoms with Crippen LogP contribution in [0.4, 0.5) is 4.79 Å². The molecule has 0 heterocycles. The number of ketones is 1. The van der Waals surface area contributed by atoms with E-state index in [-0.39, 0.29) is 86.1 Å². The van der Waals surface area contributed by atoms with Crippen LogP contribution in [0.25, 0.3) is 0 Å². The molecule has 4 rings (SSSR count). The van der Waals surface area contributed by atoms with Gasteiger partial charge in [-0.15, -0.1) is 0 Å². The lowest BCUT2D eigenvalue weighted by atomic mass is 9.97. The molecule has 0 aliphatic carbocycles. The molecular formula is C50H57N5O11.